The van der Waals surface area contributed by atoms with E-state index in [9.17, 15) is 19.5 Å². The standard InChI is InChI=1S/C14H18N2O6/c1-9(17)12(13(19)20)16-11(18)7-15-14(21)22-8-10-5-3-2-4-6-10/h2-6,9,12,17H,7-8H2,1H3,(H,15,21)(H,16,18)(H,19,20)/t9-,12+/m1/s1. The van der Waals surface area contributed by atoms with Crippen LogP contribution in [0.4, 0.5) is 4.79 Å². The van der Waals surface area contributed by atoms with Crippen molar-refractivity contribution < 1.29 is 29.3 Å². The van der Waals surface area contributed by atoms with E-state index < -0.39 is 36.7 Å². The molecule has 120 valence electrons. The highest BCUT2D eigenvalue weighted by atomic mass is 16.5. The predicted molar refractivity (Wildman–Crippen MR) is 75.9 cm³/mol. The molecule has 0 aromatic heterocycles. The van der Waals surface area contributed by atoms with Crippen LogP contribution in [0, 0.1) is 0 Å². The van der Waals surface area contributed by atoms with Crippen molar-refractivity contribution in [3.8, 4) is 0 Å². The fraction of sp³-hybridized carbons (Fsp3) is 0.357. The molecule has 0 saturated carbocycles. The van der Waals surface area contributed by atoms with E-state index in [0.717, 1.165) is 5.56 Å². The number of aliphatic carboxylic acids is 1. The van der Waals surface area contributed by atoms with Gasteiger partial charge < -0.3 is 25.6 Å². The molecule has 22 heavy (non-hydrogen) atoms. The number of amides is 2. The molecule has 8 nitrogen and oxygen atoms in total. The lowest BCUT2D eigenvalue weighted by Crippen LogP contribution is -2.50. The number of hydrogen-bond acceptors (Lipinski definition) is 5. The van der Waals surface area contributed by atoms with Gasteiger partial charge in [-0.2, -0.15) is 0 Å². The minimum atomic E-state index is -1.44. The maximum atomic E-state index is 11.5. The molecule has 0 heterocycles. The summed E-state index contributed by atoms with van der Waals surface area (Å²) in [5, 5.41) is 22.3. The predicted octanol–water partition coefficient (Wildman–Crippen LogP) is -0.137. The minimum absolute atomic E-state index is 0.0553. The molecule has 0 fully saturated rings. The first-order chi connectivity index (χ1) is 10.4. The highest BCUT2D eigenvalue weighted by molar-refractivity contribution is 5.86. The first-order valence-electron chi connectivity index (χ1n) is 6.55. The molecule has 1 aromatic rings. The summed E-state index contributed by atoms with van der Waals surface area (Å²) in [5.41, 5.74) is 0.794. The lowest BCUT2D eigenvalue weighted by Gasteiger charge is -2.17. The van der Waals surface area contributed by atoms with Crippen LogP contribution in [0.1, 0.15) is 12.5 Å². The molecule has 8 heteroatoms. The molecule has 2 amide bonds. The number of carboxylic acids is 1. The van der Waals surface area contributed by atoms with Gasteiger partial charge in [0.05, 0.1) is 6.10 Å². The van der Waals surface area contributed by atoms with Gasteiger partial charge in [0.2, 0.25) is 5.91 Å². The molecule has 0 spiro atoms. The van der Waals surface area contributed by atoms with Gasteiger partial charge in [0.15, 0.2) is 6.04 Å². The molecule has 0 aliphatic rings. The fourth-order valence-electron chi connectivity index (χ4n) is 1.54. The summed E-state index contributed by atoms with van der Waals surface area (Å²) in [6.45, 7) is 0.838. The highest BCUT2D eigenvalue weighted by Gasteiger charge is 2.24. The number of alkyl carbamates (subject to hydrolysis) is 1. The first-order valence-corrected chi connectivity index (χ1v) is 6.55. The van der Waals surface area contributed by atoms with Crippen LogP contribution in [0.15, 0.2) is 30.3 Å². The zero-order valence-electron chi connectivity index (χ0n) is 12.0. The van der Waals surface area contributed by atoms with Crippen molar-refractivity contribution in [1.29, 1.82) is 0 Å². The molecule has 0 aliphatic carbocycles. The molecule has 0 saturated heterocycles. The molecule has 1 aromatic carbocycles. The Labute approximate surface area is 127 Å². The second-order valence-electron chi connectivity index (χ2n) is 4.54. The van der Waals surface area contributed by atoms with Gasteiger partial charge in [0.25, 0.3) is 0 Å². The average molecular weight is 310 g/mol. The van der Waals surface area contributed by atoms with Gasteiger partial charge in [-0.3, -0.25) is 4.79 Å². The van der Waals surface area contributed by atoms with Gasteiger partial charge in [-0.1, -0.05) is 30.3 Å². The van der Waals surface area contributed by atoms with Crippen LogP contribution in [-0.4, -0.2) is 46.9 Å². The average Bonchev–Trinajstić information content (AvgIpc) is 2.49. The van der Waals surface area contributed by atoms with Gasteiger partial charge >= 0.3 is 12.1 Å². The van der Waals surface area contributed by atoms with Crippen molar-refractivity contribution in [2.75, 3.05) is 6.54 Å². The maximum absolute atomic E-state index is 11.5. The van der Waals surface area contributed by atoms with Crippen molar-refractivity contribution in [1.82, 2.24) is 10.6 Å². The number of ether oxygens (including phenoxy) is 1. The minimum Gasteiger partial charge on any atom is -0.480 e. The van der Waals surface area contributed by atoms with Crippen LogP contribution in [0.5, 0.6) is 0 Å². The van der Waals surface area contributed by atoms with E-state index in [2.05, 4.69) is 10.6 Å². The zero-order valence-corrected chi connectivity index (χ0v) is 12.0. The number of aliphatic hydroxyl groups excluding tert-OH is 1. The van der Waals surface area contributed by atoms with E-state index in [0.29, 0.717) is 0 Å². The number of carboxylic acid groups (broad SMARTS) is 1. The van der Waals surface area contributed by atoms with Gasteiger partial charge in [-0.05, 0) is 12.5 Å². The van der Waals surface area contributed by atoms with Gasteiger partial charge in [0, 0.05) is 0 Å². The molecule has 0 unspecified atom stereocenters. The summed E-state index contributed by atoms with van der Waals surface area (Å²) in [6.07, 6.45) is -2.06. The van der Waals surface area contributed by atoms with Crippen molar-refractivity contribution in [3.63, 3.8) is 0 Å². The SMILES string of the molecule is C[C@@H](O)[C@H](NC(=O)CNC(=O)OCc1ccccc1)C(=O)O. The van der Waals surface area contributed by atoms with E-state index in [1.807, 2.05) is 6.07 Å². The summed E-state index contributed by atoms with van der Waals surface area (Å²) in [4.78, 5) is 33.7. The molecule has 1 rings (SSSR count). The Morgan fingerprint density at radius 3 is 2.41 bits per heavy atom. The number of carbonyl (C=O) groups excluding carboxylic acids is 2. The zero-order chi connectivity index (χ0) is 16.5. The molecule has 2 atom stereocenters. The van der Waals surface area contributed by atoms with E-state index in [1.165, 1.54) is 6.92 Å². The Kier molecular flexibility index (Phi) is 6.84. The second-order valence-corrected chi connectivity index (χ2v) is 4.54. The molecular weight excluding hydrogens is 292 g/mol. The lowest BCUT2D eigenvalue weighted by molar-refractivity contribution is -0.144. The first kappa shape index (κ1) is 17.4. The largest absolute Gasteiger partial charge is 0.480 e. The topological polar surface area (TPSA) is 125 Å². The Morgan fingerprint density at radius 1 is 1.23 bits per heavy atom. The quantitative estimate of drug-likeness (QED) is 0.555. The van der Waals surface area contributed by atoms with Crippen molar-refractivity contribution in [2.45, 2.75) is 25.7 Å². The number of nitrogens with one attached hydrogen (secondary N) is 2. The van der Waals surface area contributed by atoms with E-state index in [1.54, 1.807) is 24.3 Å². The van der Waals surface area contributed by atoms with Crippen LogP contribution in [0.25, 0.3) is 0 Å². The molecular formula is C14H18N2O6. The normalized spacial score (nSPS) is 12.8. The van der Waals surface area contributed by atoms with Crippen LogP contribution < -0.4 is 10.6 Å². The second kappa shape index (κ2) is 8.63. The van der Waals surface area contributed by atoms with Crippen LogP contribution in [0.3, 0.4) is 0 Å². The van der Waals surface area contributed by atoms with Gasteiger partial charge in [0.1, 0.15) is 13.2 Å². The molecule has 0 radical (unpaired) electrons. The highest BCUT2D eigenvalue weighted by Crippen LogP contribution is 2.00. The summed E-state index contributed by atoms with van der Waals surface area (Å²) in [5.74, 6) is -2.11. The molecule has 0 bridgehead atoms. The van der Waals surface area contributed by atoms with Crippen LogP contribution >= 0.6 is 0 Å². The number of rotatable bonds is 7. The van der Waals surface area contributed by atoms with Gasteiger partial charge in [-0.25, -0.2) is 9.59 Å². The summed E-state index contributed by atoms with van der Waals surface area (Å²) in [6, 6.07) is 7.54. The van der Waals surface area contributed by atoms with Crippen molar-refractivity contribution in [2.24, 2.45) is 0 Å². The Hall–Kier alpha value is -2.61. The number of hydrogen-bond donors (Lipinski definition) is 4. The molecule has 0 aliphatic heterocycles. The van der Waals surface area contributed by atoms with E-state index in [4.69, 9.17) is 9.84 Å². The Bertz CT molecular complexity index is 517. The summed E-state index contributed by atoms with van der Waals surface area (Å²) >= 11 is 0. The van der Waals surface area contributed by atoms with Crippen molar-refractivity contribution >= 4 is 18.0 Å². The monoisotopic (exact) mass is 310 g/mol. The third-order valence-corrected chi connectivity index (χ3v) is 2.67. The number of aliphatic hydroxyl groups is 1. The molecule has 4 N–H and O–H groups in total. The lowest BCUT2D eigenvalue weighted by atomic mass is 10.2. The Morgan fingerprint density at radius 2 is 1.86 bits per heavy atom. The Balaban J connectivity index is 2.31. The number of carbonyl (C=O) groups is 3. The third kappa shape index (κ3) is 6.23. The van der Waals surface area contributed by atoms with Crippen LogP contribution in [-0.2, 0) is 20.9 Å². The fourth-order valence-corrected chi connectivity index (χ4v) is 1.54. The van der Waals surface area contributed by atoms with E-state index in [-0.39, 0.29) is 6.61 Å². The summed E-state index contributed by atoms with van der Waals surface area (Å²) < 4.78 is 4.88. The maximum Gasteiger partial charge on any atom is 0.407 e. The number of benzene rings is 1. The third-order valence-electron chi connectivity index (χ3n) is 2.67. The van der Waals surface area contributed by atoms with E-state index >= 15 is 0 Å². The summed E-state index contributed by atoms with van der Waals surface area (Å²) in [7, 11) is 0. The van der Waals surface area contributed by atoms with Crippen LogP contribution in [0.2, 0.25) is 0 Å². The van der Waals surface area contributed by atoms with Gasteiger partial charge in [-0.15, -0.1) is 0 Å². The van der Waals surface area contributed by atoms with Crippen molar-refractivity contribution in [3.05, 3.63) is 35.9 Å². The smallest absolute Gasteiger partial charge is 0.407 e.